The van der Waals surface area contributed by atoms with Gasteiger partial charge < -0.3 is 4.98 Å². The van der Waals surface area contributed by atoms with Crippen molar-refractivity contribution in [1.82, 2.24) is 19.9 Å². The van der Waals surface area contributed by atoms with Crippen LogP contribution < -0.4 is 0 Å². The molecule has 0 spiro atoms. The molecule has 19 heavy (non-hydrogen) atoms. The van der Waals surface area contributed by atoms with Crippen molar-refractivity contribution in [2.45, 2.75) is 0 Å². The molecule has 4 rings (SSSR count). The van der Waals surface area contributed by atoms with Gasteiger partial charge >= 0.3 is 0 Å². The molecule has 90 valence electrons. The number of nitrogens with zero attached hydrogens (tertiary/aromatic N) is 3. The second-order valence-corrected chi connectivity index (χ2v) is 4.40. The van der Waals surface area contributed by atoms with Gasteiger partial charge in [-0.15, -0.1) is 0 Å². The third-order valence-electron chi connectivity index (χ3n) is 3.27. The molecule has 0 fully saturated rings. The van der Waals surface area contributed by atoms with Gasteiger partial charge in [-0.2, -0.15) is 0 Å². The summed E-state index contributed by atoms with van der Waals surface area (Å²) in [4.78, 5) is 15.8. The number of fused-ring (bicyclic) bond motifs is 2. The molecule has 0 unspecified atom stereocenters. The van der Waals surface area contributed by atoms with Crippen LogP contribution in [0.5, 0.6) is 0 Å². The number of hydrogen-bond acceptors (Lipinski definition) is 3. The van der Waals surface area contributed by atoms with Gasteiger partial charge in [0.1, 0.15) is 12.0 Å². The van der Waals surface area contributed by atoms with Crippen molar-refractivity contribution in [2.24, 2.45) is 0 Å². The maximum absolute atomic E-state index is 4.31. The number of H-pyrrole nitrogens is 1. The van der Waals surface area contributed by atoms with Crippen LogP contribution in [-0.2, 0) is 0 Å². The molecule has 0 bridgehead atoms. The van der Waals surface area contributed by atoms with Crippen LogP contribution in [0.3, 0.4) is 0 Å². The van der Waals surface area contributed by atoms with Gasteiger partial charge in [0.2, 0.25) is 0 Å². The first-order valence-electron chi connectivity index (χ1n) is 6.04. The number of benzene rings is 1. The Morgan fingerprint density at radius 1 is 1.05 bits per heavy atom. The van der Waals surface area contributed by atoms with E-state index in [0.717, 1.165) is 33.1 Å². The van der Waals surface area contributed by atoms with E-state index in [0.29, 0.717) is 0 Å². The predicted octanol–water partition coefficient (Wildman–Crippen LogP) is 3.17. The largest absolute Gasteiger partial charge is 0.346 e. The molecule has 0 amide bonds. The Bertz CT molecular complexity index is 879. The monoisotopic (exact) mass is 246 g/mol. The van der Waals surface area contributed by atoms with E-state index in [1.807, 2.05) is 24.5 Å². The molecular formula is C15H10N4. The SMILES string of the molecule is c1cnc2[nH]cc(-c3ccc4ncncc4c3)c2c1. The highest BCUT2D eigenvalue weighted by atomic mass is 14.8. The molecule has 0 saturated heterocycles. The number of nitrogens with one attached hydrogen (secondary N) is 1. The Morgan fingerprint density at radius 2 is 2.05 bits per heavy atom. The fraction of sp³-hybridized carbons (Fsp3) is 0. The zero-order valence-electron chi connectivity index (χ0n) is 10.0. The van der Waals surface area contributed by atoms with Gasteiger partial charge in [-0.05, 0) is 29.8 Å². The summed E-state index contributed by atoms with van der Waals surface area (Å²) in [6.07, 6.45) is 7.18. The van der Waals surface area contributed by atoms with Crippen LogP contribution in [0.4, 0.5) is 0 Å². The second-order valence-electron chi connectivity index (χ2n) is 4.40. The standard InChI is InChI=1S/C15H10N4/c1-2-12-13(8-18-15(12)17-5-1)10-3-4-14-11(6-10)7-16-9-19-14/h1-9H,(H,17,18). The first kappa shape index (κ1) is 10.2. The Kier molecular flexibility index (Phi) is 2.08. The van der Waals surface area contributed by atoms with Crippen molar-refractivity contribution >= 4 is 21.9 Å². The van der Waals surface area contributed by atoms with Crippen molar-refractivity contribution in [3.63, 3.8) is 0 Å². The van der Waals surface area contributed by atoms with Crippen molar-refractivity contribution in [1.29, 1.82) is 0 Å². The van der Waals surface area contributed by atoms with Crippen molar-refractivity contribution in [3.8, 4) is 11.1 Å². The second kappa shape index (κ2) is 3.88. The van der Waals surface area contributed by atoms with Crippen LogP contribution in [-0.4, -0.2) is 19.9 Å². The van der Waals surface area contributed by atoms with Crippen LogP contribution in [0.2, 0.25) is 0 Å². The van der Waals surface area contributed by atoms with Crippen molar-refractivity contribution in [2.75, 3.05) is 0 Å². The molecule has 1 N–H and O–H groups in total. The van der Waals surface area contributed by atoms with Gasteiger partial charge in [-0.25, -0.2) is 15.0 Å². The number of pyridine rings is 1. The Morgan fingerprint density at radius 3 is 3.05 bits per heavy atom. The molecule has 0 saturated carbocycles. The van der Waals surface area contributed by atoms with Crippen LogP contribution in [0.15, 0.2) is 55.2 Å². The fourth-order valence-electron chi connectivity index (χ4n) is 2.35. The Hall–Kier alpha value is -2.75. The predicted molar refractivity (Wildman–Crippen MR) is 74.6 cm³/mol. The Labute approximate surface area is 109 Å². The van der Waals surface area contributed by atoms with E-state index < -0.39 is 0 Å². The summed E-state index contributed by atoms with van der Waals surface area (Å²) in [6.45, 7) is 0. The summed E-state index contributed by atoms with van der Waals surface area (Å²) < 4.78 is 0. The molecule has 4 heteroatoms. The van der Waals surface area contributed by atoms with E-state index in [9.17, 15) is 0 Å². The molecule has 0 atom stereocenters. The minimum Gasteiger partial charge on any atom is -0.346 e. The van der Waals surface area contributed by atoms with Crippen LogP contribution in [0, 0.1) is 0 Å². The van der Waals surface area contributed by atoms with E-state index in [1.54, 1.807) is 12.5 Å². The van der Waals surface area contributed by atoms with E-state index in [4.69, 9.17) is 0 Å². The summed E-state index contributed by atoms with van der Waals surface area (Å²) in [5, 5.41) is 2.16. The topological polar surface area (TPSA) is 54.5 Å². The van der Waals surface area contributed by atoms with Gasteiger partial charge in [0.25, 0.3) is 0 Å². The van der Waals surface area contributed by atoms with Crippen molar-refractivity contribution < 1.29 is 0 Å². The average molecular weight is 246 g/mol. The molecular weight excluding hydrogens is 236 g/mol. The summed E-state index contributed by atoms with van der Waals surface area (Å²) in [6, 6.07) is 10.2. The first-order chi connectivity index (χ1) is 9.42. The van der Waals surface area contributed by atoms with Gasteiger partial charge in [-0.3, -0.25) is 0 Å². The molecule has 0 aliphatic carbocycles. The van der Waals surface area contributed by atoms with Gasteiger partial charge in [0.05, 0.1) is 5.52 Å². The number of rotatable bonds is 1. The number of aromatic nitrogens is 4. The lowest BCUT2D eigenvalue weighted by atomic mass is 10.0. The van der Waals surface area contributed by atoms with E-state index in [-0.39, 0.29) is 0 Å². The summed E-state index contributed by atoms with van der Waals surface area (Å²) in [5.41, 5.74) is 4.15. The highest BCUT2D eigenvalue weighted by Crippen LogP contribution is 2.29. The Balaban J connectivity index is 1.99. The van der Waals surface area contributed by atoms with E-state index in [1.165, 1.54) is 0 Å². The molecule has 3 heterocycles. The van der Waals surface area contributed by atoms with Gasteiger partial charge in [0, 0.05) is 34.9 Å². The van der Waals surface area contributed by atoms with Gasteiger partial charge in [-0.1, -0.05) is 6.07 Å². The van der Waals surface area contributed by atoms with E-state index >= 15 is 0 Å². The minimum absolute atomic E-state index is 0.905. The third-order valence-corrected chi connectivity index (χ3v) is 3.27. The molecule has 0 radical (unpaired) electrons. The smallest absolute Gasteiger partial charge is 0.137 e. The summed E-state index contributed by atoms with van der Waals surface area (Å²) in [7, 11) is 0. The van der Waals surface area contributed by atoms with Gasteiger partial charge in [0.15, 0.2) is 0 Å². The highest BCUT2D eigenvalue weighted by Gasteiger charge is 2.07. The zero-order valence-corrected chi connectivity index (χ0v) is 10.0. The number of aromatic amines is 1. The maximum Gasteiger partial charge on any atom is 0.137 e. The molecule has 4 aromatic rings. The quantitative estimate of drug-likeness (QED) is 0.561. The summed E-state index contributed by atoms with van der Waals surface area (Å²) >= 11 is 0. The average Bonchev–Trinajstić information content (AvgIpc) is 2.91. The third kappa shape index (κ3) is 1.57. The molecule has 3 aromatic heterocycles. The van der Waals surface area contributed by atoms with E-state index in [2.05, 4.69) is 38.1 Å². The zero-order chi connectivity index (χ0) is 12.7. The molecule has 1 aromatic carbocycles. The number of hydrogen-bond donors (Lipinski definition) is 1. The maximum atomic E-state index is 4.31. The van der Waals surface area contributed by atoms with Crippen molar-refractivity contribution in [3.05, 3.63) is 55.2 Å². The first-order valence-corrected chi connectivity index (χ1v) is 6.04. The summed E-state index contributed by atoms with van der Waals surface area (Å²) in [5.74, 6) is 0. The van der Waals surface area contributed by atoms with Crippen LogP contribution in [0.1, 0.15) is 0 Å². The molecule has 0 aliphatic rings. The molecule has 0 aliphatic heterocycles. The lowest BCUT2D eigenvalue weighted by Gasteiger charge is -2.01. The lowest BCUT2D eigenvalue weighted by molar-refractivity contribution is 1.22. The molecule has 4 nitrogen and oxygen atoms in total. The van der Waals surface area contributed by atoms with Crippen LogP contribution in [0.25, 0.3) is 33.1 Å². The minimum atomic E-state index is 0.905. The lowest BCUT2D eigenvalue weighted by Crippen LogP contribution is -1.82. The highest BCUT2D eigenvalue weighted by molar-refractivity contribution is 5.95. The van der Waals surface area contributed by atoms with Crippen LogP contribution >= 0.6 is 0 Å². The normalized spacial score (nSPS) is 11.2. The fourth-order valence-corrected chi connectivity index (χ4v) is 2.35.